The zero-order valence-corrected chi connectivity index (χ0v) is 7.75. The van der Waals surface area contributed by atoms with E-state index in [1.165, 1.54) is 0 Å². The summed E-state index contributed by atoms with van der Waals surface area (Å²) in [5.41, 5.74) is 3.41. The highest BCUT2D eigenvalue weighted by Gasteiger charge is 2.11. The van der Waals surface area contributed by atoms with Crippen LogP contribution in [0.3, 0.4) is 0 Å². The Kier molecular flexibility index (Phi) is 3.71. The Morgan fingerprint density at radius 2 is 2.23 bits per heavy atom. The minimum atomic E-state index is -0.196. The lowest BCUT2D eigenvalue weighted by atomic mass is 10.1. The van der Waals surface area contributed by atoms with Crippen LogP contribution in [0.5, 0.6) is 0 Å². The van der Waals surface area contributed by atoms with Crippen LogP contribution >= 0.6 is 11.6 Å². The number of nitrogens with two attached hydrogens (primary N) is 1. The van der Waals surface area contributed by atoms with E-state index in [1.807, 2.05) is 24.3 Å². The van der Waals surface area contributed by atoms with Gasteiger partial charge in [0.05, 0.1) is 18.5 Å². The summed E-state index contributed by atoms with van der Waals surface area (Å²) < 4.78 is 0. The first-order valence-electron chi connectivity index (χ1n) is 3.87. The summed E-state index contributed by atoms with van der Waals surface area (Å²) in [5.74, 6) is 5.30. The first-order chi connectivity index (χ1) is 6.29. The molecule has 0 amide bonds. The highest BCUT2D eigenvalue weighted by Crippen LogP contribution is 2.23. The number of nitriles is 1. The second-order valence-electron chi connectivity index (χ2n) is 2.60. The van der Waals surface area contributed by atoms with Gasteiger partial charge in [0, 0.05) is 5.02 Å². The summed E-state index contributed by atoms with van der Waals surface area (Å²) in [6.45, 7) is 0. The first-order valence-corrected chi connectivity index (χ1v) is 4.25. The van der Waals surface area contributed by atoms with Crippen LogP contribution in [-0.4, -0.2) is 0 Å². The SMILES string of the molecule is N#CCC(NN)c1ccccc1Cl. The Bertz CT molecular complexity index is 319. The average molecular weight is 196 g/mol. The lowest BCUT2D eigenvalue weighted by Gasteiger charge is -2.13. The fourth-order valence-electron chi connectivity index (χ4n) is 1.11. The monoisotopic (exact) mass is 195 g/mol. The van der Waals surface area contributed by atoms with Crippen LogP contribution in [0.2, 0.25) is 5.02 Å². The maximum atomic E-state index is 8.53. The maximum absolute atomic E-state index is 8.53. The summed E-state index contributed by atoms with van der Waals surface area (Å²) in [5, 5.41) is 9.16. The van der Waals surface area contributed by atoms with Gasteiger partial charge in [0.2, 0.25) is 0 Å². The Balaban J connectivity index is 2.92. The van der Waals surface area contributed by atoms with Crippen molar-refractivity contribution in [3.63, 3.8) is 0 Å². The van der Waals surface area contributed by atoms with Gasteiger partial charge in [-0.1, -0.05) is 29.8 Å². The third-order valence-electron chi connectivity index (χ3n) is 1.78. The number of benzene rings is 1. The molecule has 0 radical (unpaired) electrons. The highest BCUT2D eigenvalue weighted by molar-refractivity contribution is 6.31. The largest absolute Gasteiger partial charge is 0.271 e. The van der Waals surface area contributed by atoms with Gasteiger partial charge in [0.1, 0.15) is 0 Å². The van der Waals surface area contributed by atoms with Crippen LogP contribution in [0, 0.1) is 11.3 Å². The molecule has 1 aromatic rings. The molecule has 0 saturated carbocycles. The van der Waals surface area contributed by atoms with Crippen LogP contribution in [-0.2, 0) is 0 Å². The lowest BCUT2D eigenvalue weighted by molar-refractivity contribution is 0.566. The van der Waals surface area contributed by atoms with Crippen molar-refractivity contribution in [2.75, 3.05) is 0 Å². The second kappa shape index (κ2) is 4.83. The van der Waals surface area contributed by atoms with Crippen molar-refractivity contribution in [2.24, 2.45) is 5.84 Å². The quantitative estimate of drug-likeness (QED) is 0.571. The van der Waals surface area contributed by atoms with Gasteiger partial charge in [-0.3, -0.25) is 11.3 Å². The number of nitrogens with one attached hydrogen (secondary N) is 1. The number of rotatable bonds is 3. The molecule has 1 unspecified atom stereocenters. The molecule has 0 spiro atoms. The van der Waals surface area contributed by atoms with E-state index in [9.17, 15) is 0 Å². The van der Waals surface area contributed by atoms with Crippen molar-refractivity contribution >= 4 is 11.6 Å². The number of nitrogens with zero attached hydrogens (tertiary/aromatic N) is 1. The summed E-state index contributed by atoms with van der Waals surface area (Å²) in [7, 11) is 0. The molecule has 0 heterocycles. The predicted molar refractivity (Wildman–Crippen MR) is 51.7 cm³/mol. The summed E-state index contributed by atoms with van der Waals surface area (Å²) in [6.07, 6.45) is 0.306. The van der Waals surface area contributed by atoms with Gasteiger partial charge >= 0.3 is 0 Å². The zero-order valence-electron chi connectivity index (χ0n) is 7.00. The molecular weight excluding hydrogens is 186 g/mol. The van der Waals surface area contributed by atoms with Crippen molar-refractivity contribution in [1.82, 2.24) is 5.43 Å². The van der Waals surface area contributed by atoms with Crippen LogP contribution in [0.25, 0.3) is 0 Å². The fraction of sp³-hybridized carbons (Fsp3) is 0.222. The van der Waals surface area contributed by atoms with E-state index in [0.29, 0.717) is 11.4 Å². The highest BCUT2D eigenvalue weighted by atomic mass is 35.5. The Labute approximate surface area is 82.1 Å². The van der Waals surface area contributed by atoms with Gasteiger partial charge in [-0.25, -0.2) is 0 Å². The molecule has 3 N–H and O–H groups in total. The molecule has 0 aliphatic carbocycles. The van der Waals surface area contributed by atoms with E-state index < -0.39 is 0 Å². The molecule has 1 atom stereocenters. The third kappa shape index (κ3) is 2.43. The molecule has 0 aliphatic heterocycles. The van der Waals surface area contributed by atoms with Crippen molar-refractivity contribution in [3.8, 4) is 6.07 Å². The fourth-order valence-corrected chi connectivity index (χ4v) is 1.38. The van der Waals surface area contributed by atoms with Crippen LogP contribution in [0.4, 0.5) is 0 Å². The summed E-state index contributed by atoms with van der Waals surface area (Å²) in [6, 6.07) is 9.18. The number of hydrogen-bond donors (Lipinski definition) is 2. The maximum Gasteiger partial charge on any atom is 0.0642 e. The molecule has 3 nitrogen and oxygen atoms in total. The first kappa shape index (κ1) is 10.0. The van der Waals surface area contributed by atoms with Gasteiger partial charge in [-0.05, 0) is 11.6 Å². The van der Waals surface area contributed by atoms with E-state index in [1.54, 1.807) is 6.07 Å². The van der Waals surface area contributed by atoms with Crippen LogP contribution in [0.1, 0.15) is 18.0 Å². The van der Waals surface area contributed by atoms with Crippen molar-refractivity contribution in [3.05, 3.63) is 34.9 Å². The molecule has 4 heteroatoms. The van der Waals surface area contributed by atoms with Gasteiger partial charge in [-0.2, -0.15) is 5.26 Å². The third-order valence-corrected chi connectivity index (χ3v) is 2.12. The van der Waals surface area contributed by atoms with E-state index in [0.717, 1.165) is 5.56 Å². The molecule has 0 aliphatic rings. The number of hydrogen-bond acceptors (Lipinski definition) is 3. The van der Waals surface area contributed by atoms with E-state index >= 15 is 0 Å². The summed E-state index contributed by atoms with van der Waals surface area (Å²) in [4.78, 5) is 0. The second-order valence-corrected chi connectivity index (χ2v) is 3.01. The number of hydrazine groups is 1. The van der Waals surface area contributed by atoms with Crippen LogP contribution in [0.15, 0.2) is 24.3 Å². The summed E-state index contributed by atoms with van der Waals surface area (Å²) >= 11 is 5.93. The predicted octanol–water partition coefficient (Wildman–Crippen LogP) is 1.76. The van der Waals surface area contributed by atoms with Gasteiger partial charge < -0.3 is 0 Å². The van der Waals surface area contributed by atoms with Crippen molar-refractivity contribution < 1.29 is 0 Å². The average Bonchev–Trinajstić information content (AvgIpc) is 2.16. The molecule has 0 bridgehead atoms. The van der Waals surface area contributed by atoms with Crippen molar-refractivity contribution in [1.29, 1.82) is 5.26 Å². The molecule has 0 aromatic heterocycles. The normalized spacial score (nSPS) is 12.1. The molecule has 0 fully saturated rings. The smallest absolute Gasteiger partial charge is 0.0642 e. The van der Waals surface area contributed by atoms with Gasteiger partial charge in [0.15, 0.2) is 0 Å². The standard InChI is InChI=1S/C9H10ClN3/c10-8-4-2-1-3-7(8)9(13-12)5-6-11/h1-4,9,13H,5,12H2. The molecule has 1 aromatic carbocycles. The van der Waals surface area contributed by atoms with E-state index in [4.69, 9.17) is 22.7 Å². The van der Waals surface area contributed by atoms with Crippen molar-refractivity contribution in [2.45, 2.75) is 12.5 Å². The lowest BCUT2D eigenvalue weighted by Crippen LogP contribution is -2.27. The van der Waals surface area contributed by atoms with E-state index in [2.05, 4.69) is 5.43 Å². The van der Waals surface area contributed by atoms with Gasteiger partial charge in [0.25, 0.3) is 0 Å². The van der Waals surface area contributed by atoms with Crippen LogP contribution < -0.4 is 11.3 Å². The van der Waals surface area contributed by atoms with E-state index in [-0.39, 0.29) is 6.04 Å². The minimum absolute atomic E-state index is 0.196. The molecule has 0 saturated heterocycles. The molecular formula is C9H10ClN3. The number of halogens is 1. The van der Waals surface area contributed by atoms with Gasteiger partial charge in [-0.15, -0.1) is 0 Å². The Morgan fingerprint density at radius 3 is 2.77 bits per heavy atom. The zero-order chi connectivity index (χ0) is 9.68. The topological polar surface area (TPSA) is 61.8 Å². The molecule has 1 rings (SSSR count). The minimum Gasteiger partial charge on any atom is -0.271 e. The molecule has 68 valence electrons. The Morgan fingerprint density at radius 1 is 1.54 bits per heavy atom. The Hall–Kier alpha value is -1.08. The molecule has 13 heavy (non-hydrogen) atoms.